The number of carbonyl (C=O) groups is 3. The standard InChI is InChI=1S/C45H86O6/c1-5-7-9-11-13-14-15-16-17-21-25-28-32-36-43(46)49-39-42(51-45(48)38-34-30-23-12-10-8-6-2)40-50-44(47)37-33-29-26-22-19-18-20-24-27-31-35-41(3)4/h41-42H,5-40H2,1-4H3/t42-/m0/s1. The van der Waals surface area contributed by atoms with Gasteiger partial charge in [-0.3, -0.25) is 14.4 Å². The predicted octanol–water partition coefficient (Wildman–Crippen LogP) is 13.9. The van der Waals surface area contributed by atoms with Crippen LogP contribution in [0.3, 0.4) is 0 Å². The summed E-state index contributed by atoms with van der Waals surface area (Å²) in [6, 6.07) is 0. The SMILES string of the molecule is CCCCCCCCCCCCCCCC(=O)OC[C@@H](COC(=O)CCCCCCCCCCCCC(C)C)OC(=O)CCCCCCCCC. The molecular formula is C45H86O6. The van der Waals surface area contributed by atoms with E-state index in [9.17, 15) is 14.4 Å². The molecule has 51 heavy (non-hydrogen) atoms. The normalized spacial score (nSPS) is 11.9. The highest BCUT2D eigenvalue weighted by molar-refractivity contribution is 5.71. The first-order chi connectivity index (χ1) is 24.9. The summed E-state index contributed by atoms with van der Waals surface area (Å²) in [5, 5.41) is 0. The van der Waals surface area contributed by atoms with E-state index in [1.807, 2.05) is 0 Å². The Morgan fingerprint density at radius 3 is 0.961 bits per heavy atom. The molecule has 6 heteroatoms. The van der Waals surface area contributed by atoms with Crippen LogP contribution >= 0.6 is 0 Å². The van der Waals surface area contributed by atoms with E-state index in [2.05, 4.69) is 27.7 Å². The Hall–Kier alpha value is -1.59. The second-order valence-electron chi connectivity index (χ2n) is 15.8. The molecule has 6 nitrogen and oxygen atoms in total. The maximum atomic E-state index is 12.6. The third kappa shape index (κ3) is 39.5. The van der Waals surface area contributed by atoms with E-state index in [4.69, 9.17) is 14.2 Å². The molecule has 1 atom stereocenters. The van der Waals surface area contributed by atoms with Crippen LogP contribution in [0.4, 0.5) is 0 Å². The van der Waals surface area contributed by atoms with Crippen molar-refractivity contribution in [2.24, 2.45) is 5.92 Å². The van der Waals surface area contributed by atoms with Gasteiger partial charge in [0, 0.05) is 19.3 Å². The van der Waals surface area contributed by atoms with E-state index in [0.717, 1.165) is 63.7 Å². The molecule has 0 aromatic rings. The van der Waals surface area contributed by atoms with E-state index >= 15 is 0 Å². The number of hydrogen-bond acceptors (Lipinski definition) is 6. The number of rotatable bonds is 40. The molecule has 0 saturated carbocycles. The summed E-state index contributed by atoms with van der Waals surface area (Å²) in [5.41, 5.74) is 0. The van der Waals surface area contributed by atoms with Crippen LogP contribution in [-0.4, -0.2) is 37.2 Å². The zero-order valence-electron chi connectivity index (χ0n) is 34.6. The smallest absolute Gasteiger partial charge is 0.306 e. The van der Waals surface area contributed by atoms with Gasteiger partial charge in [-0.1, -0.05) is 207 Å². The number of ether oxygens (including phenoxy) is 3. The lowest BCUT2D eigenvalue weighted by Gasteiger charge is -2.18. The zero-order chi connectivity index (χ0) is 37.5. The molecule has 0 aliphatic rings. The lowest BCUT2D eigenvalue weighted by molar-refractivity contribution is -0.167. The van der Waals surface area contributed by atoms with Gasteiger partial charge >= 0.3 is 17.9 Å². The molecule has 0 fully saturated rings. The minimum atomic E-state index is -0.757. The molecule has 0 saturated heterocycles. The molecular weight excluding hydrogens is 636 g/mol. The van der Waals surface area contributed by atoms with Crippen molar-refractivity contribution in [3.8, 4) is 0 Å². The molecule has 0 rings (SSSR count). The Morgan fingerprint density at radius 2 is 0.647 bits per heavy atom. The van der Waals surface area contributed by atoms with E-state index in [1.165, 1.54) is 141 Å². The Balaban J connectivity index is 4.24. The van der Waals surface area contributed by atoms with Gasteiger partial charge in [-0.05, 0) is 25.2 Å². The maximum Gasteiger partial charge on any atom is 0.306 e. The molecule has 0 spiro atoms. The first kappa shape index (κ1) is 49.4. The molecule has 302 valence electrons. The lowest BCUT2D eigenvalue weighted by Crippen LogP contribution is -2.30. The van der Waals surface area contributed by atoms with Crippen LogP contribution in [0.1, 0.15) is 246 Å². The molecule has 0 aliphatic heterocycles. The zero-order valence-corrected chi connectivity index (χ0v) is 34.6. The first-order valence-electron chi connectivity index (χ1n) is 22.4. The third-order valence-corrected chi connectivity index (χ3v) is 10.0. The fourth-order valence-corrected chi connectivity index (χ4v) is 6.63. The predicted molar refractivity (Wildman–Crippen MR) is 215 cm³/mol. The van der Waals surface area contributed by atoms with Crippen molar-refractivity contribution in [1.29, 1.82) is 0 Å². The Morgan fingerprint density at radius 1 is 0.373 bits per heavy atom. The van der Waals surface area contributed by atoms with Crippen LogP contribution in [0.25, 0.3) is 0 Å². The second-order valence-corrected chi connectivity index (χ2v) is 15.8. The molecule has 0 radical (unpaired) electrons. The summed E-state index contributed by atoms with van der Waals surface area (Å²) in [6.07, 6.45) is 38.1. The van der Waals surface area contributed by atoms with Gasteiger partial charge in [0.2, 0.25) is 0 Å². The Kier molecular flexibility index (Phi) is 38.4. The molecule has 0 amide bonds. The van der Waals surface area contributed by atoms with E-state index < -0.39 is 6.10 Å². The van der Waals surface area contributed by atoms with Crippen LogP contribution < -0.4 is 0 Å². The third-order valence-electron chi connectivity index (χ3n) is 10.0. The molecule has 0 unspecified atom stereocenters. The van der Waals surface area contributed by atoms with Gasteiger partial charge in [-0.25, -0.2) is 0 Å². The fraction of sp³-hybridized carbons (Fsp3) is 0.933. The molecule has 0 aromatic heterocycles. The first-order valence-corrected chi connectivity index (χ1v) is 22.4. The van der Waals surface area contributed by atoms with Gasteiger partial charge in [0.1, 0.15) is 13.2 Å². The van der Waals surface area contributed by atoms with Gasteiger partial charge in [0.25, 0.3) is 0 Å². The van der Waals surface area contributed by atoms with Crippen LogP contribution in [0.5, 0.6) is 0 Å². The highest BCUT2D eigenvalue weighted by Gasteiger charge is 2.19. The van der Waals surface area contributed by atoms with Crippen LogP contribution in [0.15, 0.2) is 0 Å². The number of esters is 3. The van der Waals surface area contributed by atoms with Crippen LogP contribution in [0.2, 0.25) is 0 Å². The van der Waals surface area contributed by atoms with Crippen molar-refractivity contribution in [2.45, 2.75) is 252 Å². The fourth-order valence-electron chi connectivity index (χ4n) is 6.63. The summed E-state index contributed by atoms with van der Waals surface area (Å²) in [7, 11) is 0. The van der Waals surface area contributed by atoms with Crippen molar-refractivity contribution < 1.29 is 28.6 Å². The summed E-state index contributed by atoms with van der Waals surface area (Å²) in [5.74, 6) is -0.0433. The average Bonchev–Trinajstić information content (AvgIpc) is 3.11. The molecule has 0 bridgehead atoms. The molecule has 0 heterocycles. The topological polar surface area (TPSA) is 78.9 Å². The van der Waals surface area contributed by atoms with E-state index in [0.29, 0.717) is 19.3 Å². The Labute approximate surface area is 317 Å². The lowest BCUT2D eigenvalue weighted by atomic mass is 10.0. The van der Waals surface area contributed by atoms with Gasteiger partial charge in [-0.2, -0.15) is 0 Å². The van der Waals surface area contributed by atoms with Crippen molar-refractivity contribution in [2.75, 3.05) is 13.2 Å². The number of hydrogen-bond donors (Lipinski definition) is 0. The summed E-state index contributed by atoms with van der Waals surface area (Å²) in [6.45, 7) is 8.94. The van der Waals surface area contributed by atoms with Crippen molar-refractivity contribution >= 4 is 17.9 Å². The minimum absolute atomic E-state index is 0.0644. The van der Waals surface area contributed by atoms with Crippen molar-refractivity contribution in [3.05, 3.63) is 0 Å². The van der Waals surface area contributed by atoms with Crippen molar-refractivity contribution in [3.63, 3.8) is 0 Å². The summed E-state index contributed by atoms with van der Waals surface area (Å²) < 4.78 is 16.6. The maximum absolute atomic E-state index is 12.6. The van der Waals surface area contributed by atoms with Crippen molar-refractivity contribution in [1.82, 2.24) is 0 Å². The van der Waals surface area contributed by atoms with Gasteiger partial charge < -0.3 is 14.2 Å². The van der Waals surface area contributed by atoms with E-state index in [1.54, 1.807) is 0 Å². The van der Waals surface area contributed by atoms with Crippen LogP contribution in [0, 0.1) is 5.92 Å². The quantitative estimate of drug-likeness (QED) is 0.0356. The Bertz CT molecular complexity index is 766. The highest BCUT2D eigenvalue weighted by Crippen LogP contribution is 2.16. The molecule has 0 aliphatic carbocycles. The van der Waals surface area contributed by atoms with E-state index in [-0.39, 0.29) is 31.1 Å². The monoisotopic (exact) mass is 723 g/mol. The second kappa shape index (κ2) is 39.6. The summed E-state index contributed by atoms with van der Waals surface area (Å²) >= 11 is 0. The average molecular weight is 723 g/mol. The van der Waals surface area contributed by atoms with Gasteiger partial charge in [-0.15, -0.1) is 0 Å². The highest BCUT2D eigenvalue weighted by atomic mass is 16.6. The van der Waals surface area contributed by atoms with Crippen LogP contribution in [-0.2, 0) is 28.6 Å². The number of unbranched alkanes of at least 4 members (excludes halogenated alkanes) is 27. The molecule has 0 N–H and O–H groups in total. The molecule has 0 aromatic carbocycles. The number of carbonyl (C=O) groups excluding carboxylic acids is 3. The largest absolute Gasteiger partial charge is 0.462 e. The minimum Gasteiger partial charge on any atom is -0.462 e. The van der Waals surface area contributed by atoms with Gasteiger partial charge in [0.15, 0.2) is 6.10 Å². The van der Waals surface area contributed by atoms with Gasteiger partial charge in [0.05, 0.1) is 0 Å². The summed E-state index contributed by atoms with van der Waals surface area (Å²) in [4.78, 5) is 37.5.